The van der Waals surface area contributed by atoms with Crippen LogP contribution < -0.4 is 15.8 Å². The highest BCUT2D eigenvalue weighted by molar-refractivity contribution is 6.01. The Balaban J connectivity index is 1.55. The predicted molar refractivity (Wildman–Crippen MR) is 130 cm³/mol. The van der Waals surface area contributed by atoms with Crippen molar-refractivity contribution in [2.45, 2.75) is 13.0 Å². The number of ether oxygens (including phenoxy) is 1. The van der Waals surface area contributed by atoms with E-state index in [9.17, 15) is 4.79 Å². The lowest BCUT2D eigenvalue weighted by Gasteiger charge is -2.10. The van der Waals surface area contributed by atoms with Crippen LogP contribution in [-0.4, -0.2) is 52.5 Å². The molecule has 0 unspecified atom stereocenters. The number of aromatic nitrogens is 3. The van der Waals surface area contributed by atoms with Gasteiger partial charge in [-0.1, -0.05) is 30.3 Å². The van der Waals surface area contributed by atoms with Crippen LogP contribution in [0.15, 0.2) is 67.1 Å². The lowest BCUT2D eigenvalue weighted by Crippen LogP contribution is -2.30. The summed E-state index contributed by atoms with van der Waals surface area (Å²) in [6.45, 7) is 1.71. The Hall–Kier alpha value is -3.91. The number of benzene rings is 2. The SMILES string of the molecule is CN(C)CCCNC(=O)Cn1cc(-c2ccc(Oc3ccccc3)cc2)c2c(N)ncnc21. The van der Waals surface area contributed by atoms with Crippen LogP contribution in [0.3, 0.4) is 0 Å². The number of amides is 1. The van der Waals surface area contributed by atoms with Gasteiger partial charge in [-0.25, -0.2) is 9.97 Å². The van der Waals surface area contributed by atoms with Crippen molar-refractivity contribution >= 4 is 22.8 Å². The Kier molecular flexibility index (Phi) is 6.85. The van der Waals surface area contributed by atoms with Crippen LogP contribution in [0, 0.1) is 0 Å². The molecule has 2 aromatic carbocycles. The fourth-order valence-corrected chi connectivity index (χ4v) is 3.65. The van der Waals surface area contributed by atoms with E-state index in [2.05, 4.69) is 20.2 Å². The maximum atomic E-state index is 12.5. The van der Waals surface area contributed by atoms with Gasteiger partial charge in [-0.15, -0.1) is 0 Å². The first-order valence-electron chi connectivity index (χ1n) is 10.9. The summed E-state index contributed by atoms with van der Waals surface area (Å²) >= 11 is 0. The van der Waals surface area contributed by atoms with Gasteiger partial charge in [-0.2, -0.15) is 0 Å². The monoisotopic (exact) mass is 444 g/mol. The number of nitrogens with two attached hydrogens (primary N) is 1. The number of nitrogens with one attached hydrogen (secondary N) is 1. The second kappa shape index (κ2) is 10.1. The fraction of sp³-hybridized carbons (Fsp3) is 0.240. The Labute approximate surface area is 193 Å². The predicted octanol–water partition coefficient (Wildman–Crippen LogP) is 3.54. The summed E-state index contributed by atoms with van der Waals surface area (Å²) in [5.41, 5.74) is 8.64. The summed E-state index contributed by atoms with van der Waals surface area (Å²) in [4.78, 5) is 23.2. The van der Waals surface area contributed by atoms with E-state index in [0.29, 0.717) is 18.0 Å². The third kappa shape index (κ3) is 5.48. The second-order valence-electron chi connectivity index (χ2n) is 8.07. The molecule has 170 valence electrons. The van der Waals surface area contributed by atoms with Gasteiger partial charge in [0.05, 0.1) is 5.39 Å². The number of carbonyl (C=O) groups excluding carboxylic acids is 1. The molecule has 0 radical (unpaired) electrons. The van der Waals surface area contributed by atoms with Crippen LogP contribution in [0.5, 0.6) is 11.5 Å². The number of anilines is 1. The molecule has 4 rings (SSSR count). The van der Waals surface area contributed by atoms with Gasteiger partial charge >= 0.3 is 0 Å². The Morgan fingerprint density at radius 3 is 2.52 bits per heavy atom. The Morgan fingerprint density at radius 2 is 1.79 bits per heavy atom. The summed E-state index contributed by atoms with van der Waals surface area (Å²) in [5, 5.41) is 3.70. The fourth-order valence-electron chi connectivity index (χ4n) is 3.65. The first-order valence-corrected chi connectivity index (χ1v) is 10.9. The number of hydrogen-bond donors (Lipinski definition) is 2. The molecule has 0 saturated heterocycles. The van der Waals surface area contributed by atoms with E-state index >= 15 is 0 Å². The van der Waals surface area contributed by atoms with E-state index in [1.807, 2.05) is 79.5 Å². The molecule has 0 atom stereocenters. The van der Waals surface area contributed by atoms with Crippen molar-refractivity contribution in [2.24, 2.45) is 0 Å². The van der Waals surface area contributed by atoms with Crippen LogP contribution in [0.4, 0.5) is 5.82 Å². The largest absolute Gasteiger partial charge is 0.457 e. The van der Waals surface area contributed by atoms with Gasteiger partial charge in [0.2, 0.25) is 5.91 Å². The van der Waals surface area contributed by atoms with Crippen LogP contribution in [-0.2, 0) is 11.3 Å². The van der Waals surface area contributed by atoms with E-state index in [0.717, 1.165) is 41.0 Å². The van der Waals surface area contributed by atoms with Crippen molar-refractivity contribution in [3.63, 3.8) is 0 Å². The zero-order valence-corrected chi connectivity index (χ0v) is 18.9. The molecule has 2 aromatic heterocycles. The minimum Gasteiger partial charge on any atom is -0.457 e. The molecule has 0 spiro atoms. The molecule has 3 N–H and O–H groups in total. The van der Waals surface area contributed by atoms with Crippen LogP contribution in [0.2, 0.25) is 0 Å². The number of rotatable bonds is 9. The van der Waals surface area contributed by atoms with Gasteiger partial charge in [0.15, 0.2) is 0 Å². The molecular formula is C25H28N6O2. The summed E-state index contributed by atoms with van der Waals surface area (Å²) in [6, 6.07) is 17.4. The lowest BCUT2D eigenvalue weighted by molar-refractivity contribution is -0.121. The quantitative estimate of drug-likeness (QED) is 0.383. The molecule has 4 aromatic rings. The topological polar surface area (TPSA) is 98.3 Å². The molecule has 0 saturated carbocycles. The highest BCUT2D eigenvalue weighted by Crippen LogP contribution is 2.34. The molecule has 0 aliphatic carbocycles. The van der Waals surface area contributed by atoms with Crippen molar-refractivity contribution in [3.8, 4) is 22.6 Å². The standard InChI is InChI=1S/C25H28N6O2/c1-30(2)14-6-13-27-22(32)16-31-15-21(23-24(26)28-17-29-25(23)31)18-9-11-20(12-10-18)33-19-7-4-3-5-8-19/h3-5,7-12,15,17H,6,13-14,16H2,1-2H3,(H,27,32)(H2,26,28,29). The van der Waals surface area contributed by atoms with Crippen molar-refractivity contribution in [1.82, 2.24) is 24.8 Å². The molecule has 0 fully saturated rings. The van der Waals surface area contributed by atoms with E-state index in [4.69, 9.17) is 10.5 Å². The summed E-state index contributed by atoms with van der Waals surface area (Å²) < 4.78 is 7.71. The third-order valence-corrected chi connectivity index (χ3v) is 5.25. The van der Waals surface area contributed by atoms with Gasteiger partial charge < -0.3 is 25.3 Å². The molecule has 8 heteroatoms. The second-order valence-corrected chi connectivity index (χ2v) is 8.07. The average Bonchev–Trinajstić information content (AvgIpc) is 3.17. The van der Waals surface area contributed by atoms with Crippen LogP contribution in [0.1, 0.15) is 6.42 Å². The summed E-state index contributed by atoms with van der Waals surface area (Å²) in [5.74, 6) is 1.82. The normalized spacial score (nSPS) is 11.1. The molecule has 2 heterocycles. The summed E-state index contributed by atoms with van der Waals surface area (Å²) in [6.07, 6.45) is 4.22. The van der Waals surface area contributed by atoms with Crippen molar-refractivity contribution < 1.29 is 9.53 Å². The van der Waals surface area contributed by atoms with E-state index in [1.54, 1.807) is 0 Å². The maximum absolute atomic E-state index is 12.5. The van der Waals surface area contributed by atoms with E-state index < -0.39 is 0 Å². The van der Waals surface area contributed by atoms with Gasteiger partial charge in [0.25, 0.3) is 0 Å². The molecule has 0 aliphatic heterocycles. The number of carbonyl (C=O) groups is 1. The molecule has 0 bridgehead atoms. The minimum atomic E-state index is -0.0685. The number of hydrogen-bond acceptors (Lipinski definition) is 6. The highest BCUT2D eigenvalue weighted by Gasteiger charge is 2.17. The third-order valence-electron chi connectivity index (χ3n) is 5.25. The average molecular weight is 445 g/mol. The van der Waals surface area contributed by atoms with Crippen molar-refractivity contribution in [3.05, 3.63) is 67.1 Å². The maximum Gasteiger partial charge on any atom is 0.239 e. The molecule has 8 nitrogen and oxygen atoms in total. The highest BCUT2D eigenvalue weighted by atomic mass is 16.5. The zero-order valence-electron chi connectivity index (χ0n) is 18.9. The van der Waals surface area contributed by atoms with Crippen molar-refractivity contribution in [2.75, 3.05) is 32.9 Å². The molecule has 0 aliphatic rings. The van der Waals surface area contributed by atoms with Gasteiger partial charge in [0.1, 0.15) is 35.8 Å². The smallest absolute Gasteiger partial charge is 0.239 e. The van der Waals surface area contributed by atoms with E-state index in [1.165, 1.54) is 6.33 Å². The minimum absolute atomic E-state index is 0.0685. The molecular weight excluding hydrogens is 416 g/mol. The van der Waals surface area contributed by atoms with Crippen molar-refractivity contribution in [1.29, 1.82) is 0 Å². The molecule has 1 amide bonds. The molecule has 33 heavy (non-hydrogen) atoms. The van der Waals surface area contributed by atoms with Crippen LogP contribution >= 0.6 is 0 Å². The number of fused-ring (bicyclic) bond motifs is 1. The first-order chi connectivity index (χ1) is 16.0. The van der Waals surface area contributed by atoms with Gasteiger partial charge in [0, 0.05) is 18.3 Å². The van der Waals surface area contributed by atoms with Gasteiger partial charge in [-0.05, 0) is 56.9 Å². The summed E-state index contributed by atoms with van der Waals surface area (Å²) in [7, 11) is 4.03. The first kappa shape index (κ1) is 22.3. The lowest BCUT2D eigenvalue weighted by atomic mass is 10.1. The Morgan fingerprint density at radius 1 is 1.06 bits per heavy atom. The number of para-hydroxylation sites is 1. The Bertz CT molecular complexity index is 1220. The van der Waals surface area contributed by atoms with Crippen LogP contribution in [0.25, 0.3) is 22.2 Å². The van der Waals surface area contributed by atoms with Gasteiger partial charge in [-0.3, -0.25) is 4.79 Å². The number of nitrogens with zero attached hydrogens (tertiary/aromatic N) is 4. The van der Waals surface area contributed by atoms with E-state index in [-0.39, 0.29) is 12.5 Å². The zero-order chi connectivity index (χ0) is 23.2. The number of nitrogen functional groups attached to an aromatic ring is 1.